The van der Waals surface area contributed by atoms with Crippen molar-refractivity contribution in [2.24, 2.45) is 11.8 Å². The summed E-state index contributed by atoms with van der Waals surface area (Å²) < 4.78 is 0. The minimum atomic E-state index is -0.879. The summed E-state index contributed by atoms with van der Waals surface area (Å²) in [4.78, 5) is 22.6. The molecule has 0 bridgehead atoms. The molecule has 1 aliphatic rings. The summed E-state index contributed by atoms with van der Waals surface area (Å²) in [6.45, 7) is 2.16. The monoisotopic (exact) mass is 352 g/mol. The number of rotatable bonds is 12. The van der Waals surface area contributed by atoms with Gasteiger partial charge in [-0.15, -0.1) is 0 Å². The van der Waals surface area contributed by atoms with Gasteiger partial charge in [0, 0.05) is 24.7 Å². The number of carbonyl (C=O) groups excluding carboxylic acids is 1. The van der Waals surface area contributed by atoms with Gasteiger partial charge in [-0.2, -0.15) is 0 Å². The van der Waals surface area contributed by atoms with Gasteiger partial charge < -0.3 is 15.3 Å². The van der Waals surface area contributed by atoms with Crippen LogP contribution >= 0.6 is 0 Å². The number of hydrogen-bond donors (Lipinski definition) is 3. The van der Waals surface area contributed by atoms with Crippen molar-refractivity contribution in [3.8, 4) is 0 Å². The van der Waals surface area contributed by atoms with Gasteiger partial charge in [-0.05, 0) is 32.1 Å². The van der Waals surface area contributed by atoms with Crippen molar-refractivity contribution >= 4 is 11.8 Å². The SMILES string of the molecule is CCCCC/C=C\C[C@@H]1[C@H](/C=C/[C@@H](O)CCCC(=O)O)C(=O)C[C@@H]1O. The van der Waals surface area contributed by atoms with E-state index in [1.807, 2.05) is 6.08 Å². The molecule has 0 radical (unpaired) electrons. The highest BCUT2D eigenvalue weighted by Crippen LogP contribution is 2.33. The highest BCUT2D eigenvalue weighted by Gasteiger charge is 2.39. The first-order valence-electron chi connectivity index (χ1n) is 9.39. The van der Waals surface area contributed by atoms with E-state index in [0.29, 0.717) is 19.3 Å². The lowest BCUT2D eigenvalue weighted by atomic mass is 9.90. The fourth-order valence-corrected chi connectivity index (χ4v) is 3.22. The number of ketones is 1. The predicted octanol–water partition coefficient (Wildman–Crippen LogP) is 3.25. The molecule has 4 atom stereocenters. The molecule has 0 amide bonds. The van der Waals surface area contributed by atoms with E-state index in [4.69, 9.17) is 5.11 Å². The quantitative estimate of drug-likeness (QED) is 0.370. The third kappa shape index (κ3) is 8.45. The van der Waals surface area contributed by atoms with E-state index in [1.54, 1.807) is 12.2 Å². The van der Waals surface area contributed by atoms with Gasteiger partial charge in [0.05, 0.1) is 12.2 Å². The maximum atomic E-state index is 12.1. The standard InChI is InChI=1S/C20H32O5/c1-2-3-4-5-6-7-10-16-17(19(23)14-18(16)22)13-12-15(21)9-8-11-20(24)25/h6-7,12-13,15-18,21-22H,2-5,8-11,14H2,1H3,(H,24,25)/b7-6-,13-12+/t15-,16+,17-,18-/m0/s1. The van der Waals surface area contributed by atoms with Crippen molar-refractivity contribution in [3.63, 3.8) is 0 Å². The Kier molecular flexibility index (Phi) is 10.3. The second-order valence-electron chi connectivity index (χ2n) is 6.87. The molecule has 1 fully saturated rings. The van der Waals surface area contributed by atoms with Crippen LogP contribution in [0.1, 0.15) is 64.7 Å². The lowest BCUT2D eigenvalue weighted by Gasteiger charge is -2.17. The molecule has 0 unspecified atom stereocenters. The van der Waals surface area contributed by atoms with Gasteiger partial charge in [-0.25, -0.2) is 0 Å². The first-order valence-corrected chi connectivity index (χ1v) is 9.39. The average molecular weight is 352 g/mol. The number of allylic oxidation sites excluding steroid dienone is 3. The second-order valence-corrected chi connectivity index (χ2v) is 6.87. The van der Waals surface area contributed by atoms with Crippen molar-refractivity contribution in [1.82, 2.24) is 0 Å². The zero-order valence-electron chi connectivity index (χ0n) is 15.1. The van der Waals surface area contributed by atoms with Crippen LogP contribution in [0, 0.1) is 11.8 Å². The van der Waals surface area contributed by atoms with Crippen LogP contribution in [0.25, 0.3) is 0 Å². The molecule has 5 nitrogen and oxygen atoms in total. The van der Waals surface area contributed by atoms with E-state index in [9.17, 15) is 19.8 Å². The van der Waals surface area contributed by atoms with Gasteiger partial charge in [0.15, 0.2) is 0 Å². The Morgan fingerprint density at radius 1 is 1.28 bits per heavy atom. The van der Waals surface area contributed by atoms with Crippen LogP contribution < -0.4 is 0 Å². The van der Waals surface area contributed by atoms with E-state index >= 15 is 0 Å². The number of aliphatic hydroxyl groups is 2. The van der Waals surface area contributed by atoms with Crippen molar-refractivity contribution in [2.75, 3.05) is 0 Å². The molecule has 25 heavy (non-hydrogen) atoms. The lowest BCUT2D eigenvalue weighted by molar-refractivity contribution is -0.137. The average Bonchev–Trinajstić information content (AvgIpc) is 2.81. The van der Waals surface area contributed by atoms with Gasteiger partial charge in [-0.1, -0.05) is 44.1 Å². The third-order valence-corrected chi connectivity index (χ3v) is 4.72. The summed E-state index contributed by atoms with van der Waals surface area (Å²) >= 11 is 0. The number of carboxylic acid groups (broad SMARTS) is 1. The maximum absolute atomic E-state index is 12.1. The number of Topliss-reactive ketones (excluding diaryl/α,β-unsaturated/α-hetero) is 1. The van der Waals surface area contributed by atoms with Crippen LogP contribution in [0.4, 0.5) is 0 Å². The van der Waals surface area contributed by atoms with E-state index < -0.39 is 18.2 Å². The largest absolute Gasteiger partial charge is 0.481 e. The van der Waals surface area contributed by atoms with E-state index in [-0.39, 0.29) is 30.5 Å². The van der Waals surface area contributed by atoms with E-state index in [1.165, 1.54) is 12.8 Å². The minimum absolute atomic E-state index is 0.00543. The molecule has 0 heterocycles. The fraction of sp³-hybridized carbons (Fsp3) is 0.700. The van der Waals surface area contributed by atoms with E-state index in [2.05, 4.69) is 13.0 Å². The number of aliphatic hydroxyl groups excluding tert-OH is 2. The molecule has 142 valence electrons. The van der Waals surface area contributed by atoms with Crippen LogP contribution in [0.5, 0.6) is 0 Å². The Morgan fingerprint density at radius 3 is 2.72 bits per heavy atom. The Morgan fingerprint density at radius 2 is 2.04 bits per heavy atom. The lowest BCUT2D eigenvalue weighted by Crippen LogP contribution is -2.19. The Hall–Kier alpha value is -1.46. The van der Waals surface area contributed by atoms with Gasteiger partial charge in [0.1, 0.15) is 5.78 Å². The summed E-state index contributed by atoms with van der Waals surface area (Å²) in [6.07, 6.45) is 12.2. The van der Waals surface area contributed by atoms with Gasteiger partial charge in [0.2, 0.25) is 0 Å². The molecule has 3 N–H and O–H groups in total. The molecule has 0 aromatic carbocycles. The van der Waals surface area contributed by atoms with E-state index in [0.717, 1.165) is 12.8 Å². The molecule has 1 rings (SSSR count). The van der Waals surface area contributed by atoms with Gasteiger partial charge in [0.25, 0.3) is 0 Å². The molecule has 0 saturated heterocycles. The second kappa shape index (κ2) is 12.0. The van der Waals surface area contributed by atoms with Crippen molar-refractivity contribution in [2.45, 2.75) is 76.9 Å². The molecule has 1 aliphatic carbocycles. The summed E-state index contributed by atoms with van der Waals surface area (Å²) in [5.41, 5.74) is 0. The summed E-state index contributed by atoms with van der Waals surface area (Å²) in [7, 11) is 0. The van der Waals surface area contributed by atoms with Crippen LogP contribution in [0.15, 0.2) is 24.3 Å². The maximum Gasteiger partial charge on any atom is 0.303 e. The topological polar surface area (TPSA) is 94.8 Å². The normalized spacial score (nSPS) is 25.2. The van der Waals surface area contributed by atoms with Gasteiger partial charge >= 0.3 is 5.97 Å². The van der Waals surface area contributed by atoms with Crippen molar-refractivity contribution in [1.29, 1.82) is 0 Å². The summed E-state index contributed by atoms with van der Waals surface area (Å²) in [6, 6.07) is 0. The van der Waals surface area contributed by atoms with Crippen LogP contribution in [-0.2, 0) is 9.59 Å². The minimum Gasteiger partial charge on any atom is -0.481 e. The number of hydrogen-bond acceptors (Lipinski definition) is 4. The first kappa shape index (κ1) is 21.6. The molecular formula is C20H32O5. The molecule has 0 aromatic heterocycles. The first-order chi connectivity index (χ1) is 12.0. The summed E-state index contributed by atoms with van der Waals surface area (Å²) in [5, 5.41) is 28.6. The smallest absolute Gasteiger partial charge is 0.303 e. The van der Waals surface area contributed by atoms with Crippen LogP contribution in [0.2, 0.25) is 0 Å². The third-order valence-electron chi connectivity index (χ3n) is 4.72. The Labute approximate surface area is 150 Å². The zero-order chi connectivity index (χ0) is 18.7. The summed E-state index contributed by atoms with van der Waals surface area (Å²) in [5.74, 6) is -1.39. The zero-order valence-corrected chi connectivity index (χ0v) is 15.1. The molecule has 0 spiro atoms. The predicted molar refractivity (Wildman–Crippen MR) is 97.1 cm³/mol. The molecule has 1 saturated carbocycles. The molecule has 5 heteroatoms. The number of carbonyl (C=O) groups is 2. The Balaban J connectivity index is 2.49. The number of unbranched alkanes of at least 4 members (excludes halogenated alkanes) is 3. The fourth-order valence-electron chi connectivity index (χ4n) is 3.22. The highest BCUT2D eigenvalue weighted by atomic mass is 16.4. The van der Waals surface area contributed by atoms with Crippen molar-refractivity contribution < 1.29 is 24.9 Å². The highest BCUT2D eigenvalue weighted by molar-refractivity contribution is 5.86. The van der Waals surface area contributed by atoms with Crippen LogP contribution in [0.3, 0.4) is 0 Å². The number of aliphatic carboxylic acids is 1. The van der Waals surface area contributed by atoms with Gasteiger partial charge in [-0.3, -0.25) is 9.59 Å². The number of carboxylic acids is 1. The molecular weight excluding hydrogens is 320 g/mol. The molecule has 0 aromatic rings. The Bertz CT molecular complexity index is 469. The van der Waals surface area contributed by atoms with Crippen LogP contribution in [-0.4, -0.2) is 39.3 Å². The molecule has 0 aliphatic heterocycles. The van der Waals surface area contributed by atoms with Crippen molar-refractivity contribution in [3.05, 3.63) is 24.3 Å².